The fourth-order valence-electron chi connectivity index (χ4n) is 1.51. The standard InChI is InChI=1S/C9H12N2S/c1-2-7-5-6-3-4-12-8(6)9(10)11-7/h3-4,7H,2,5H2,1H3,(H2,10,11). The Morgan fingerprint density at radius 3 is 3.33 bits per heavy atom. The first-order valence-corrected chi connectivity index (χ1v) is 5.09. The zero-order valence-corrected chi connectivity index (χ0v) is 7.90. The largest absolute Gasteiger partial charge is 0.383 e. The van der Waals surface area contributed by atoms with Gasteiger partial charge in [-0.25, -0.2) is 0 Å². The zero-order valence-electron chi connectivity index (χ0n) is 7.08. The van der Waals surface area contributed by atoms with E-state index < -0.39 is 0 Å². The Hall–Kier alpha value is -0.830. The van der Waals surface area contributed by atoms with Gasteiger partial charge in [0.1, 0.15) is 5.84 Å². The molecule has 2 nitrogen and oxygen atoms in total. The highest BCUT2D eigenvalue weighted by atomic mass is 32.1. The summed E-state index contributed by atoms with van der Waals surface area (Å²) < 4.78 is 0. The third-order valence-electron chi connectivity index (χ3n) is 2.23. The van der Waals surface area contributed by atoms with Crippen LogP contribution in [0, 0.1) is 0 Å². The highest BCUT2D eigenvalue weighted by Crippen LogP contribution is 2.24. The third-order valence-corrected chi connectivity index (χ3v) is 3.21. The summed E-state index contributed by atoms with van der Waals surface area (Å²) in [6.45, 7) is 2.15. The van der Waals surface area contributed by atoms with Crippen molar-refractivity contribution in [3.8, 4) is 0 Å². The average molecular weight is 180 g/mol. The van der Waals surface area contributed by atoms with E-state index in [1.54, 1.807) is 11.3 Å². The Morgan fingerprint density at radius 1 is 1.75 bits per heavy atom. The molecule has 1 aliphatic heterocycles. The van der Waals surface area contributed by atoms with Crippen LogP contribution in [-0.4, -0.2) is 11.9 Å². The van der Waals surface area contributed by atoms with Crippen molar-refractivity contribution in [3.63, 3.8) is 0 Å². The van der Waals surface area contributed by atoms with E-state index in [1.165, 1.54) is 10.4 Å². The lowest BCUT2D eigenvalue weighted by Gasteiger charge is -2.16. The third kappa shape index (κ3) is 1.14. The second kappa shape index (κ2) is 2.90. The minimum atomic E-state index is 0.409. The molecule has 64 valence electrons. The van der Waals surface area contributed by atoms with Crippen molar-refractivity contribution in [3.05, 3.63) is 21.9 Å². The summed E-state index contributed by atoms with van der Waals surface area (Å²) in [6, 6.07) is 2.57. The van der Waals surface area contributed by atoms with Crippen LogP contribution in [-0.2, 0) is 6.42 Å². The molecule has 2 N–H and O–H groups in total. The molecule has 2 rings (SSSR count). The Bertz CT molecular complexity index is 314. The Labute approximate surface area is 76.1 Å². The summed E-state index contributed by atoms with van der Waals surface area (Å²) in [5, 5.41) is 2.09. The number of rotatable bonds is 1. The summed E-state index contributed by atoms with van der Waals surface area (Å²) in [4.78, 5) is 5.60. The highest BCUT2D eigenvalue weighted by Gasteiger charge is 2.18. The van der Waals surface area contributed by atoms with Gasteiger partial charge in [-0.3, -0.25) is 4.99 Å². The molecule has 0 aromatic carbocycles. The van der Waals surface area contributed by atoms with Gasteiger partial charge in [-0.15, -0.1) is 11.3 Å². The van der Waals surface area contributed by atoms with E-state index in [2.05, 4.69) is 23.4 Å². The summed E-state index contributed by atoms with van der Waals surface area (Å²) >= 11 is 1.69. The Balaban J connectivity index is 2.38. The van der Waals surface area contributed by atoms with Crippen molar-refractivity contribution in [1.29, 1.82) is 0 Å². The van der Waals surface area contributed by atoms with Crippen LogP contribution in [0.15, 0.2) is 16.4 Å². The number of nitrogens with two attached hydrogens (primary N) is 1. The summed E-state index contributed by atoms with van der Waals surface area (Å²) in [7, 11) is 0. The maximum Gasteiger partial charge on any atom is 0.136 e. The molecular formula is C9H12N2S. The van der Waals surface area contributed by atoms with Gasteiger partial charge in [0.05, 0.1) is 10.9 Å². The minimum absolute atomic E-state index is 0.409. The highest BCUT2D eigenvalue weighted by molar-refractivity contribution is 7.12. The molecule has 1 atom stereocenters. The molecule has 3 heteroatoms. The smallest absolute Gasteiger partial charge is 0.136 e. The lowest BCUT2D eigenvalue weighted by atomic mass is 10.0. The molecule has 0 saturated carbocycles. The molecule has 2 heterocycles. The first kappa shape index (κ1) is 7.80. The van der Waals surface area contributed by atoms with Gasteiger partial charge in [0, 0.05) is 0 Å². The molecule has 0 aliphatic carbocycles. The minimum Gasteiger partial charge on any atom is -0.383 e. The van der Waals surface area contributed by atoms with Gasteiger partial charge in [-0.2, -0.15) is 0 Å². The van der Waals surface area contributed by atoms with E-state index in [0.717, 1.165) is 18.7 Å². The molecular weight excluding hydrogens is 168 g/mol. The van der Waals surface area contributed by atoms with Gasteiger partial charge in [-0.05, 0) is 29.9 Å². The molecule has 1 unspecified atom stereocenters. The van der Waals surface area contributed by atoms with E-state index in [4.69, 9.17) is 5.73 Å². The summed E-state index contributed by atoms with van der Waals surface area (Å²) in [5.41, 5.74) is 7.19. The Kier molecular flexibility index (Phi) is 1.89. The topological polar surface area (TPSA) is 38.4 Å². The van der Waals surface area contributed by atoms with Crippen molar-refractivity contribution in [1.82, 2.24) is 0 Å². The van der Waals surface area contributed by atoms with Crippen LogP contribution in [0.4, 0.5) is 0 Å². The molecule has 0 radical (unpaired) electrons. The van der Waals surface area contributed by atoms with Crippen LogP contribution < -0.4 is 5.73 Å². The first-order valence-electron chi connectivity index (χ1n) is 4.21. The van der Waals surface area contributed by atoms with Gasteiger partial charge in [0.25, 0.3) is 0 Å². The van der Waals surface area contributed by atoms with Crippen molar-refractivity contribution >= 4 is 17.2 Å². The van der Waals surface area contributed by atoms with E-state index in [9.17, 15) is 0 Å². The normalized spacial score (nSPS) is 21.8. The van der Waals surface area contributed by atoms with Gasteiger partial charge < -0.3 is 5.73 Å². The second-order valence-corrected chi connectivity index (χ2v) is 3.97. The Morgan fingerprint density at radius 2 is 2.58 bits per heavy atom. The molecule has 0 fully saturated rings. The van der Waals surface area contributed by atoms with Crippen molar-refractivity contribution in [2.75, 3.05) is 0 Å². The number of amidine groups is 1. The monoisotopic (exact) mass is 180 g/mol. The quantitative estimate of drug-likeness (QED) is 0.703. The van der Waals surface area contributed by atoms with E-state index in [0.29, 0.717) is 6.04 Å². The number of hydrogen-bond acceptors (Lipinski definition) is 3. The predicted octanol–water partition coefficient (Wildman–Crippen LogP) is 1.79. The average Bonchev–Trinajstić information content (AvgIpc) is 2.52. The molecule has 12 heavy (non-hydrogen) atoms. The van der Waals surface area contributed by atoms with Crippen molar-refractivity contribution in [2.45, 2.75) is 25.8 Å². The van der Waals surface area contributed by atoms with Crippen LogP contribution >= 0.6 is 11.3 Å². The zero-order chi connectivity index (χ0) is 8.55. The van der Waals surface area contributed by atoms with E-state index >= 15 is 0 Å². The number of thiophene rings is 1. The van der Waals surface area contributed by atoms with Gasteiger partial charge in [0.2, 0.25) is 0 Å². The SMILES string of the molecule is CCC1Cc2ccsc2C(N)=N1. The molecule has 1 aromatic heterocycles. The molecule has 0 amide bonds. The predicted molar refractivity (Wildman–Crippen MR) is 52.8 cm³/mol. The number of fused-ring (bicyclic) bond motifs is 1. The van der Waals surface area contributed by atoms with Gasteiger partial charge >= 0.3 is 0 Å². The fourth-order valence-corrected chi connectivity index (χ4v) is 2.36. The van der Waals surface area contributed by atoms with Gasteiger partial charge in [-0.1, -0.05) is 6.92 Å². The number of nitrogens with zero attached hydrogens (tertiary/aromatic N) is 1. The van der Waals surface area contributed by atoms with Crippen LogP contribution in [0.25, 0.3) is 0 Å². The molecule has 0 bridgehead atoms. The number of hydrogen-bond donors (Lipinski definition) is 1. The summed E-state index contributed by atoms with van der Waals surface area (Å²) in [5.74, 6) is 0.734. The molecule has 1 aliphatic rings. The maximum absolute atomic E-state index is 5.82. The number of aliphatic imine (C=N–C) groups is 1. The first-order chi connectivity index (χ1) is 5.81. The van der Waals surface area contributed by atoms with Crippen LogP contribution in [0.3, 0.4) is 0 Å². The van der Waals surface area contributed by atoms with Crippen molar-refractivity contribution < 1.29 is 0 Å². The van der Waals surface area contributed by atoms with Crippen LogP contribution in [0.5, 0.6) is 0 Å². The molecule has 0 spiro atoms. The van der Waals surface area contributed by atoms with Crippen LogP contribution in [0.2, 0.25) is 0 Å². The molecule has 1 aromatic rings. The van der Waals surface area contributed by atoms with Gasteiger partial charge in [0.15, 0.2) is 0 Å². The van der Waals surface area contributed by atoms with Crippen LogP contribution in [0.1, 0.15) is 23.8 Å². The maximum atomic E-state index is 5.82. The molecule has 0 saturated heterocycles. The van der Waals surface area contributed by atoms with E-state index in [-0.39, 0.29) is 0 Å². The lowest BCUT2D eigenvalue weighted by Crippen LogP contribution is -2.24. The van der Waals surface area contributed by atoms with Crippen molar-refractivity contribution in [2.24, 2.45) is 10.7 Å². The summed E-state index contributed by atoms with van der Waals surface area (Å²) in [6.07, 6.45) is 2.14. The fraction of sp³-hybridized carbons (Fsp3) is 0.444. The second-order valence-electron chi connectivity index (χ2n) is 3.06. The van der Waals surface area contributed by atoms with E-state index in [1.807, 2.05) is 0 Å². The lowest BCUT2D eigenvalue weighted by molar-refractivity contribution is 0.641.